The van der Waals surface area contributed by atoms with E-state index in [1.54, 1.807) is 0 Å². The van der Waals surface area contributed by atoms with Gasteiger partial charge in [-0.2, -0.15) is 0 Å². The molecule has 0 spiro atoms. The third-order valence-corrected chi connectivity index (χ3v) is 4.50. The highest BCUT2D eigenvalue weighted by atomic mass is 16.4. The van der Waals surface area contributed by atoms with E-state index in [2.05, 4.69) is 17.6 Å². The number of carboxylic acids is 1. The van der Waals surface area contributed by atoms with Crippen LogP contribution in [-0.4, -0.2) is 53.7 Å². The molecule has 0 aromatic rings. The van der Waals surface area contributed by atoms with E-state index in [1.807, 2.05) is 0 Å². The molecular weight excluding hydrogens is 258 g/mol. The van der Waals surface area contributed by atoms with Crippen LogP contribution in [0.25, 0.3) is 0 Å². The molecule has 6 nitrogen and oxygen atoms in total. The molecule has 6 heteroatoms. The van der Waals surface area contributed by atoms with Crippen molar-refractivity contribution in [2.75, 3.05) is 19.6 Å². The average Bonchev–Trinajstić information content (AvgIpc) is 2.47. The Morgan fingerprint density at radius 1 is 1.30 bits per heavy atom. The van der Waals surface area contributed by atoms with Crippen LogP contribution in [-0.2, 0) is 4.79 Å². The summed E-state index contributed by atoms with van der Waals surface area (Å²) in [6.07, 6.45) is 4.28. The summed E-state index contributed by atoms with van der Waals surface area (Å²) in [6, 6.07) is -0.712. The molecule has 2 rings (SSSR count). The van der Waals surface area contributed by atoms with E-state index in [-0.39, 0.29) is 12.1 Å². The number of hydrogen-bond donors (Lipinski definition) is 3. The van der Waals surface area contributed by atoms with E-state index in [1.165, 1.54) is 4.90 Å². The van der Waals surface area contributed by atoms with Crippen molar-refractivity contribution < 1.29 is 14.7 Å². The Morgan fingerprint density at radius 3 is 2.60 bits per heavy atom. The molecule has 0 aromatic carbocycles. The molecule has 20 heavy (non-hydrogen) atoms. The lowest BCUT2D eigenvalue weighted by Gasteiger charge is -2.38. The number of amides is 2. The van der Waals surface area contributed by atoms with Crippen LogP contribution in [0.4, 0.5) is 4.79 Å². The van der Waals surface area contributed by atoms with Gasteiger partial charge in [0.25, 0.3) is 0 Å². The monoisotopic (exact) mass is 283 g/mol. The molecule has 114 valence electrons. The molecule has 2 aliphatic rings. The highest BCUT2D eigenvalue weighted by Gasteiger charge is 2.36. The molecule has 2 atom stereocenters. The third kappa shape index (κ3) is 3.62. The van der Waals surface area contributed by atoms with Gasteiger partial charge in [-0.1, -0.05) is 13.3 Å². The van der Waals surface area contributed by atoms with Gasteiger partial charge in [-0.05, 0) is 44.7 Å². The number of piperidine rings is 2. The molecule has 0 aliphatic carbocycles. The molecule has 2 saturated heterocycles. The lowest BCUT2D eigenvalue weighted by atomic mass is 9.89. The van der Waals surface area contributed by atoms with Crippen molar-refractivity contribution in [1.29, 1.82) is 0 Å². The summed E-state index contributed by atoms with van der Waals surface area (Å²) < 4.78 is 0. The Morgan fingerprint density at radius 2 is 2.00 bits per heavy atom. The van der Waals surface area contributed by atoms with Gasteiger partial charge >= 0.3 is 12.0 Å². The maximum absolute atomic E-state index is 12.3. The number of rotatable bonds is 3. The third-order valence-electron chi connectivity index (χ3n) is 4.50. The number of carbonyl (C=O) groups is 2. The average molecular weight is 283 g/mol. The molecule has 2 heterocycles. The summed E-state index contributed by atoms with van der Waals surface area (Å²) in [5.74, 6) is -0.470. The van der Waals surface area contributed by atoms with E-state index in [4.69, 9.17) is 0 Å². The zero-order valence-corrected chi connectivity index (χ0v) is 12.1. The summed E-state index contributed by atoms with van der Waals surface area (Å²) in [4.78, 5) is 25.2. The Kier molecular flexibility index (Phi) is 5.23. The van der Waals surface area contributed by atoms with Crippen molar-refractivity contribution in [3.05, 3.63) is 0 Å². The van der Waals surface area contributed by atoms with Gasteiger partial charge in [0.15, 0.2) is 0 Å². The largest absolute Gasteiger partial charge is 0.480 e. The summed E-state index contributed by atoms with van der Waals surface area (Å²) in [5.41, 5.74) is 0. The highest BCUT2D eigenvalue weighted by molar-refractivity contribution is 5.83. The molecule has 0 radical (unpaired) electrons. The van der Waals surface area contributed by atoms with Gasteiger partial charge in [0.05, 0.1) is 0 Å². The minimum Gasteiger partial charge on any atom is -0.480 e. The fourth-order valence-corrected chi connectivity index (χ4v) is 3.11. The van der Waals surface area contributed by atoms with Crippen LogP contribution in [0.3, 0.4) is 0 Å². The van der Waals surface area contributed by atoms with Crippen LogP contribution >= 0.6 is 0 Å². The zero-order chi connectivity index (χ0) is 14.5. The first-order chi connectivity index (χ1) is 9.61. The molecule has 3 N–H and O–H groups in total. The summed E-state index contributed by atoms with van der Waals surface area (Å²) in [6.45, 7) is 4.44. The highest BCUT2D eigenvalue weighted by Crippen LogP contribution is 2.25. The van der Waals surface area contributed by atoms with E-state index in [0.29, 0.717) is 18.9 Å². The standard InChI is InChI=1S/C14H25N3O3/c1-2-10-5-8-17(12(9-10)13(18)19)14(20)16-11-3-6-15-7-4-11/h10-12,15H,2-9H2,1H3,(H,16,20)(H,18,19). The first kappa shape index (κ1) is 15.1. The number of hydrogen-bond acceptors (Lipinski definition) is 3. The lowest BCUT2D eigenvalue weighted by molar-refractivity contribution is -0.144. The molecular formula is C14H25N3O3. The van der Waals surface area contributed by atoms with E-state index in [9.17, 15) is 14.7 Å². The molecule has 2 fully saturated rings. The van der Waals surface area contributed by atoms with Gasteiger partial charge in [-0.3, -0.25) is 0 Å². The predicted octanol–water partition coefficient (Wildman–Crippen LogP) is 1.02. The van der Waals surface area contributed by atoms with Crippen molar-refractivity contribution in [2.45, 2.75) is 51.1 Å². The van der Waals surface area contributed by atoms with Crippen molar-refractivity contribution in [2.24, 2.45) is 5.92 Å². The number of aliphatic carboxylic acids is 1. The van der Waals surface area contributed by atoms with Crippen LogP contribution in [0.5, 0.6) is 0 Å². The fraction of sp³-hybridized carbons (Fsp3) is 0.857. The van der Waals surface area contributed by atoms with Crippen LogP contribution in [0, 0.1) is 5.92 Å². The van der Waals surface area contributed by atoms with Crippen molar-refractivity contribution in [1.82, 2.24) is 15.5 Å². The molecule has 2 amide bonds. The second-order valence-corrected chi connectivity index (χ2v) is 5.82. The van der Waals surface area contributed by atoms with Gasteiger partial charge in [0.2, 0.25) is 0 Å². The normalized spacial score (nSPS) is 28.1. The fourth-order valence-electron chi connectivity index (χ4n) is 3.11. The quantitative estimate of drug-likeness (QED) is 0.722. The summed E-state index contributed by atoms with van der Waals surface area (Å²) in [7, 11) is 0. The van der Waals surface area contributed by atoms with Gasteiger partial charge < -0.3 is 20.6 Å². The summed E-state index contributed by atoms with van der Waals surface area (Å²) >= 11 is 0. The first-order valence-corrected chi connectivity index (χ1v) is 7.62. The second-order valence-electron chi connectivity index (χ2n) is 5.82. The number of carbonyl (C=O) groups excluding carboxylic acids is 1. The molecule has 0 saturated carbocycles. The Labute approximate surface area is 119 Å². The minimum atomic E-state index is -0.886. The smallest absolute Gasteiger partial charge is 0.326 e. The number of likely N-dealkylation sites (tertiary alicyclic amines) is 1. The van der Waals surface area contributed by atoms with Crippen LogP contribution in [0.1, 0.15) is 39.0 Å². The molecule has 2 aliphatic heterocycles. The number of nitrogens with zero attached hydrogens (tertiary/aromatic N) is 1. The van der Waals surface area contributed by atoms with Crippen LogP contribution in [0.2, 0.25) is 0 Å². The van der Waals surface area contributed by atoms with Gasteiger partial charge in [-0.15, -0.1) is 0 Å². The van der Waals surface area contributed by atoms with Gasteiger partial charge in [0, 0.05) is 12.6 Å². The number of carboxylic acid groups (broad SMARTS) is 1. The molecule has 2 unspecified atom stereocenters. The maximum Gasteiger partial charge on any atom is 0.326 e. The van der Waals surface area contributed by atoms with Crippen molar-refractivity contribution >= 4 is 12.0 Å². The predicted molar refractivity (Wildman–Crippen MR) is 75.6 cm³/mol. The van der Waals surface area contributed by atoms with Crippen LogP contribution < -0.4 is 10.6 Å². The Hall–Kier alpha value is -1.30. The number of urea groups is 1. The van der Waals surface area contributed by atoms with Crippen molar-refractivity contribution in [3.63, 3.8) is 0 Å². The zero-order valence-electron chi connectivity index (χ0n) is 12.1. The summed E-state index contributed by atoms with van der Waals surface area (Å²) in [5, 5.41) is 15.6. The number of nitrogens with one attached hydrogen (secondary N) is 2. The maximum atomic E-state index is 12.3. The van der Waals surface area contributed by atoms with E-state index < -0.39 is 12.0 Å². The van der Waals surface area contributed by atoms with E-state index in [0.717, 1.165) is 38.8 Å². The molecule has 0 bridgehead atoms. The SMILES string of the molecule is CCC1CCN(C(=O)NC2CCNCC2)C(C(=O)O)C1. The Bertz CT molecular complexity index is 356. The van der Waals surface area contributed by atoms with Crippen molar-refractivity contribution in [3.8, 4) is 0 Å². The minimum absolute atomic E-state index is 0.169. The Balaban J connectivity index is 1.94. The topological polar surface area (TPSA) is 81.7 Å². The first-order valence-electron chi connectivity index (χ1n) is 7.62. The van der Waals surface area contributed by atoms with E-state index >= 15 is 0 Å². The van der Waals surface area contributed by atoms with Gasteiger partial charge in [0.1, 0.15) is 6.04 Å². The van der Waals surface area contributed by atoms with Gasteiger partial charge in [-0.25, -0.2) is 9.59 Å². The second kappa shape index (κ2) is 6.92. The van der Waals surface area contributed by atoms with Crippen LogP contribution in [0.15, 0.2) is 0 Å². The molecule has 0 aromatic heterocycles. The lowest BCUT2D eigenvalue weighted by Crippen LogP contribution is -2.56.